The molecule has 5 heteroatoms. The molecule has 0 saturated carbocycles. The van der Waals surface area contributed by atoms with Crippen LogP contribution in [-0.2, 0) is 11.3 Å². The first-order valence-electron chi connectivity index (χ1n) is 7.43. The third-order valence-electron chi connectivity index (χ3n) is 3.88. The maximum atomic E-state index is 12.7. The Bertz CT molecular complexity index is 795. The summed E-state index contributed by atoms with van der Waals surface area (Å²) in [6.07, 6.45) is -0.0526. The van der Waals surface area contributed by atoms with E-state index in [1.807, 2.05) is 19.1 Å². The Morgan fingerprint density at radius 1 is 1.30 bits per heavy atom. The molecule has 0 saturated heterocycles. The van der Waals surface area contributed by atoms with E-state index >= 15 is 0 Å². The van der Waals surface area contributed by atoms with Gasteiger partial charge in [0.05, 0.1) is 23.9 Å². The normalized spacial score (nSPS) is 16.4. The number of carbonyl (C=O) groups is 1. The van der Waals surface area contributed by atoms with Crippen molar-refractivity contribution in [2.24, 2.45) is 0 Å². The number of ether oxygens (including phenoxy) is 1. The van der Waals surface area contributed by atoms with Crippen LogP contribution in [0.1, 0.15) is 24.5 Å². The summed E-state index contributed by atoms with van der Waals surface area (Å²) in [4.78, 5) is 14.3. The van der Waals surface area contributed by atoms with E-state index in [2.05, 4.69) is 6.07 Å². The van der Waals surface area contributed by atoms with E-state index in [1.54, 1.807) is 23.1 Å². The average Bonchev–Trinajstić information content (AvgIpc) is 2.57. The Morgan fingerprint density at radius 2 is 2.09 bits per heavy atom. The number of benzene rings is 2. The van der Waals surface area contributed by atoms with Gasteiger partial charge in [0, 0.05) is 6.07 Å². The van der Waals surface area contributed by atoms with Crippen molar-refractivity contribution in [3.63, 3.8) is 0 Å². The number of fused-ring (bicyclic) bond motifs is 1. The van der Waals surface area contributed by atoms with E-state index in [4.69, 9.17) is 4.74 Å². The highest BCUT2D eigenvalue weighted by atomic mass is 16.5. The van der Waals surface area contributed by atoms with Crippen LogP contribution in [0.5, 0.6) is 11.5 Å². The van der Waals surface area contributed by atoms with E-state index in [9.17, 15) is 15.2 Å². The standard InChI is InChI=1S/C18H16N2O3/c1-2-16-18(22)20(11-13-6-4-3-5-12(13)10-19)15-8-7-14(21)9-17(15)23-16/h3-9,16,21H,2,11H2,1H3. The maximum absolute atomic E-state index is 12.7. The molecule has 0 radical (unpaired) electrons. The van der Waals surface area contributed by atoms with E-state index in [0.717, 1.165) is 5.56 Å². The number of anilines is 1. The van der Waals surface area contributed by atoms with Crippen LogP contribution in [-0.4, -0.2) is 17.1 Å². The van der Waals surface area contributed by atoms with E-state index in [0.29, 0.717) is 30.0 Å². The number of phenols is 1. The second-order valence-electron chi connectivity index (χ2n) is 5.36. The van der Waals surface area contributed by atoms with Gasteiger partial charge in [-0.2, -0.15) is 5.26 Å². The Hall–Kier alpha value is -3.00. The van der Waals surface area contributed by atoms with Crippen LogP contribution in [0.4, 0.5) is 5.69 Å². The maximum Gasteiger partial charge on any atom is 0.268 e. The third-order valence-corrected chi connectivity index (χ3v) is 3.88. The highest BCUT2D eigenvalue weighted by Gasteiger charge is 2.33. The van der Waals surface area contributed by atoms with Gasteiger partial charge < -0.3 is 14.7 Å². The van der Waals surface area contributed by atoms with E-state index in [1.165, 1.54) is 12.1 Å². The molecule has 1 aliphatic heterocycles. The molecule has 1 unspecified atom stereocenters. The summed E-state index contributed by atoms with van der Waals surface area (Å²) in [6, 6.07) is 14.0. The zero-order valence-corrected chi connectivity index (χ0v) is 12.7. The summed E-state index contributed by atoms with van der Waals surface area (Å²) in [7, 11) is 0. The van der Waals surface area contributed by atoms with Crippen LogP contribution in [0.3, 0.4) is 0 Å². The first-order valence-corrected chi connectivity index (χ1v) is 7.43. The Kier molecular flexibility index (Phi) is 3.90. The van der Waals surface area contributed by atoms with Crippen molar-refractivity contribution in [2.45, 2.75) is 26.0 Å². The van der Waals surface area contributed by atoms with Gasteiger partial charge in [-0.3, -0.25) is 4.79 Å². The summed E-state index contributed by atoms with van der Waals surface area (Å²) in [5.41, 5.74) is 1.92. The fourth-order valence-electron chi connectivity index (χ4n) is 2.68. The number of nitrogens with zero attached hydrogens (tertiary/aromatic N) is 2. The second-order valence-corrected chi connectivity index (χ2v) is 5.36. The molecule has 1 amide bonds. The average molecular weight is 308 g/mol. The lowest BCUT2D eigenvalue weighted by molar-refractivity contribution is -0.126. The predicted octanol–water partition coefficient (Wildman–Crippen LogP) is 2.97. The monoisotopic (exact) mass is 308 g/mol. The molecule has 0 aromatic heterocycles. The Labute approximate surface area is 134 Å². The molecular formula is C18H16N2O3. The van der Waals surface area contributed by atoms with Gasteiger partial charge >= 0.3 is 0 Å². The number of phenolic OH excluding ortho intramolecular Hbond substituents is 1. The van der Waals surface area contributed by atoms with Gasteiger partial charge in [-0.15, -0.1) is 0 Å². The van der Waals surface area contributed by atoms with Gasteiger partial charge in [-0.1, -0.05) is 25.1 Å². The van der Waals surface area contributed by atoms with Crippen LogP contribution < -0.4 is 9.64 Å². The Morgan fingerprint density at radius 3 is 2.83 bits per heavy atom. The van der Waals surface area contributed by atoms with Gasteiger partial charge in [-0.05, 0) is 30.2 Å². The van der Waals surface area contributed by atoms with Gasteiger partial charge in [0.15, 0.2) is 6.10 Å². The molecule has 2 aromatic rings. The lowest BCUT2D eigenvalue weighted by atomic mass is 10.1. The lowest BCUT2D eigenvalue weighted by Gasteiger charge is -2.34. The number of hydrogen-bond donors (Lipinski definition) is 1. The third kappa shape index (κ3) is 2.71. The zero-order valence-electron chi connectivity index (χ0n) is 12.7. The van der Waals surface area contributed by atoms with Crippen molar-refractivity contribution in [1.29, 1.82) is 5.26 Å². The molecule has 23 heavy (non-hydrogen) atoms. The molecule has 1 heterocycles. The fraction of sp³-hybridized carbons (Fsp3) is 0.222. The number of rotatable bonds is 3. The highest BCUT2D eigenvalue weighted by Crippen LogP contribution is 2.38. The van der Waals surface area contributed by atoms with Crippen molar-refractivity contribution in [3.8, 4) is 17.6 Å². The largest absolute Gasteiger partial charge is 0.508 e. The minimum Gasteiger partial charge on any atom is -0.508 e. The summed E-state index contributed by atoms with van der Waals surface area (Å²) in [5.74, 6) is 0.426. The molecule has 0 fully saturated rings. The zero-order chi connectivity index (χ0) is 16.4. The molecule has 116 valence electrons. The Balaban J connectivity index is 2.03. The number of hydrogen-bond acceptors (Lipinski definition) is 4. The molecule has 1 atom stereocenters. The lowest BCUT2D eigenvalue weighted by Crippen LogP contribution is -2.45. The number of aromatic hydroxyl groups is 1. The first-order chi connectivity index (χ1) is 11.1. The smallest absolute Gasteiger partial charge is 0.268 e. The van der Waals surface area contributed by atoms with Crippen LogP contribution in [0.15, 0.2) is 42.5 Å². The molecular weight excluding hydrogens is 292 g/mol. The van der Waals surface area contributed by atoms with Gasteiger partial charge in [-0.25, -0.2) is 0 Å². The summed E-state index contributed by atoms with van der Waals surface area (Å²) in [6.45, 7) is 2.16. The van der Waals surface area contributed by atoms with E-state index < -0.39 is 6.10 Å². The summed E-state index contributed by atoms with van der Waals surface area (Å²) in [5, 5.41) is 18.9. The van der Waals surface area contributed by atoms with Crippen molar-refractivity contribution < 1.29 is 14.6 Å². The number of nitriles is 1. The fourth-order valence-corrected chi connectivity index (χ4v) is 2.68. The summed E-state index contributed by atoms with van der Waals surface area (Å²) < 4.78 is 5.68. The van der Waals surface area contributed by atoms with Crippen LogP contribution in [0.25, 0.3) is 0 Å². The molecule has 0 aliphatic carbocycles. The number of amides is 1. The molecule has 3 rings (SSSR count). The van der Waals surface area contributed by atoms with Crippen LogP contribution in [0, 0.1) is 11.3 Å². The van der Waals surface area contributed by atoms with Crippen molar-refractivity contribution >= 4 is 11.6 Å². The minimum atomic E-state index is -0.585. The quantitative estimate of drug-likeness (QED) is 0.946. The SMILES string of the molecule is CCC1Oc2cc(O)ccc2N(Cc2ccccc2C#N)C1=O. The molecule has 0 bridgehead atoms. The minimum absolute atomic E-state index is 0.0883. The summed E-state index contributed by atoms with van der Waals surface area (Å²) >= 11 is 0. The van der Waals surface area contributed by atoms with Crippen molar-refractivity contribution in [1.82, 2.24) is 0 Å². The molecule has 1 N–H and O–H groups in total. The van der Waals surface area contributed by atoms with Crippen LogP contribution >= 0.6 is 0 Å². The number of carbonyl (C=O) groups excluding carboxylic acids is 1. The molecule has 0 spiro atoms. The predicted molar refractivity (Wildman–Crippen MR) is 85.2 cm³/mol. The second kappa shape index (κ2) is 6.01. The van der Waals surface area contributed by atoms with Crippen LogP contribution in [0.2, 0.25) is 0 Å². The first kappa shape index (κ1) is 14.9. The van der Waals surface area contributed by atoms with Crippen molar-refractivity contribution in [2.75, 3.05) is 4.90 Å². The molecule has 2 aromatic carbocycles. The topological polar surface area (TPSA) is 73.6 Å². The highest BCUT2D eigenvalue weighted by molar-refractivity contribution is 6.00. The van der Waals surface area contributed by atoms with Gasteiger partial charge in [0.2, 0.25) is 0 Å². The van der Waals surface area contributed by atoms with Gasteiger partial charge in [0.1, 0.15) is 11.5 Å². The van der Waals surface area contributed by atoms with Crippen molar-refractivity contribution in [3.05, 3.63) is 53.6 Å². The molecule has 1 aliphatic rings. The van der Waals surface area contributed by atoms with E-state index in [-0.39, 0.29) is 11.7 Å². The molecule has 5 nitrogen and oxygen atoms in total. The van der Waals surface area contributed by atoms with Gasteiger partial charge in [0.25, 0.3) is 5.91 Å².